The van der Waals surface area contributed by atoms with Crippen LogP contribution in [0, 0.1) is 5.41 Å². The summed E-state index contributed by atoms with van der Waals surface area (Å²) in [7, 11) is 3.10. The van der Waals surface area contributed by atoms with Gasteiger partial charge in [-0.05, 0) is 37.0 Å². The monoisotopic (exact) mass is 362 g/mol. The summed E-state index contributed by atoms with van der Waals surface area (Å²) in [6.45, 7) is 1.94. The fraction of sp³-hybridized carbons (Fsp3) is 0.579. The van der Waals surface area contributed by atoms with Gasteiger partial charge in [0.25, 0.3) is 5.91 Å². The number of anilines is 2. The zero-order chi connectivity index (χ0) is 18.6. The third kappa shape index (κ3) is 3.75. The molecule has 2 heterocycles. The molecule has 0 radical (unpaired) electrons. The van der Waals surface area contributed by atoms with E-state index in [2.05, 4.69) is 5.32 Å². The van der Waals surface area contributed by atoms with Crippen molar-refractivity contribution >= 4 is 23.2 Å². The van der Waals surface area contributed by atoms with Gasteiger partial charge in [0, 0.05) is 38.7 Å². The van der Waals surface area contributed by atoms with Crippen LogP contribution < -0.4 is 10.2 Å². The number of nitrogens with one attached hydrogen (secondary N) is 1. The number of hydrogen-bond acceptors (Lipinski definition) is 5. The van der Waals surface area contributed by atoms with Crippen LogP contribution >= 0.6 is 0 Å². The lowest BCUT2D eigenvalue weighted by atomic mass is 9.87. The van der Waals surface area contributed by atoms with Crippen LogP contribution in [0.1, 0.15) is 18.4 Å². The second-order valence-corrected chi connectivity index (χ2v) is 6.90. The highest BCUT2D eigenvalue weighted by molar-refractivity contribution is 5.99. The number of carbonyl (C=O) groups excluding carboxylic acids is 2. The van der Waals surface area contributed by atoms with Gasteiger partial charge >= 0.3 is 0 Å². The molecule has 26 heavy (non-hydrogen) atoms. The number of hydrogen-bond donors (Lipinski definition) is 1. The lowest BCUT2D eigenvalue weighted by Crippen LogP contribution is -2.41. The van der Waals surface area contributed by atoms with Crippen LogP contribution in [-0.4, -0.2) is 59.0 Å². The van der Waals surface area contributed by atoms with Crippen LogP contribution in [-0.2, 0) is 30.2 Å². The van der Waals surface area contributed by atoms with E-state index in [1.165, 1.54) is 7.11 Å². The molecule has 1 saturated heterocycles. The first-order chi connectivity index (χ1) is 12.6. The minimum Gasteiger partial charge on any atom is -0.383 e. The normalized spacial score (nSPS) is 22.2. The fourth-order valence-corrected chi connectivity index (χ4v) is 3.62. The highest BCUT2D eigenvalue weighted by Crippen LogP contribution is 2.33. The van der Waals surface area contributed by atoms with Crippen molar-refractivity contribution < 1.29 is 23.8 Å². The zero-order valence-electron chi connectivity index (χ0n) is 15.4. The standard InChI is InChI=1S/C19H26N2O5/c1-24-11-17(22)21-8-3-4-14-5-6-15(10-16(14)21)20-18(23)19(12-25-2)7-9-26-13-19/h5-6,10H,3-4,7-9,11-13H2,1-2H3,(H,20,23). The van der Waals surface area contributed by atoms with Crippen molar-refractivity contribution in [3.8, 4) is 0 Å². The van der Waals surface area contributed by atoms with Gasteiger partial charge in [0.15, 0.2) is 0 Å². The molecule has 0 saturated carbocycles. The SMILES string of the molecule is COCC(=O)N1CCCc2ccc(NC(=O)C3(COC)CCOC3)cc21. The highest BCUT2D eigenvalue weighted by atomic mass is 16.5. The fourth-order valence-electron chi connectivity index (χ4n) is 3.62. The van der Waals surface area contributed by atoms with Crippen LogP contribution in [0.3, 0.4) is 0 Å². The predicted molar refractivity (Wildman–Crippen MR) is 97.4 cm³/mol. The summed E-state index contributed by atoms with van der Waals surface area (Å²) in [6.07, 6.45) is 2.47. The Morgan fingerprint density at radius 3 is 2.85 bits per heavy atom. The van der Waals surface area contributed by atoms with Crippen LogP contribution in [0.25, 0.3) is 0 Å². The lowest BCUT2D eigenvalue weighted by molar-refractivity contribution is -0.128. The third-order valence-electron chi connectivity index (χ3n) is 5.04. The third-order valence-corrected chi connectivity index (χ3v) is 5.04. The van der Waals surface area contributed by atoms with E-state index < -0.39 is 5.41 Å². The number of amides is 2. The highest BCUT2D eigenvalue weighted by Gasteiger charge is 2.42. The smallest absolute Gasteiger partial charge is 0.252 e. The first kappa shape index (κ1) is 18.8. The minimum absolute atomic E-state index is 0.0459. The first-order valence-corrected chi connectivity index (χ1v) is 8.90. The molecule has 1 aromatic carbocycles. The van der Waals surface area contributed by atoms with Gasteiger partial charge in [0.2, 0.25) is 5.91 Å². The Labute approximate surface area is 153 Å². The number of rotatable bonds is 6. The Bertz CT molecular complexity index is 670. The van der Waals surface area contributed by atoms with Crippen LogP contribution in [0.5, 0.6) is 0 Å². The Balaban J connectivity index is 1.80. The van der Waals surface area contributed by atoms with Gasteiger partial charge in [-0.3, -0.25) is 9.59 Å². The molecule has 0 aromatic heterocycles. The molecule has 3 rings (SSSR count). The van der Waals surface area contributed by atoms with Crippen LogP contribution in [0.4, 0.5) is 11.4 Å². The molecule has 1 atom stereocenters. The molecule has 142 valence electrons. The molecular formula is C19H26N2O5. The van der Waals surface area contributed by atoms with Crippen molar-refractivity contribution in [2.45, 2.75) is 19.3 Å². The van der Waals surface area contributed by atoms with E-state index in [-0.39, 0.29) is 18.4 Å². The molecule has 0 bridgehead atoms. The summed E-state index contributed by atoms with van der Waals surface area (Å²) in [4.78, 5) is 26.9. The molecule has 7 heteroatoms. The number of fused-ring (bicyclic) bond motifs is 1. The molecule has 2 aliphatic heterocycles. The summed E-state index contributed by atoms with van der Waals surface area (Å²) in [5.74, 6) is -0.181. The number of benzene rings is 1. The van der Waals surface area contributed by atoms with Crippen molar-refractivity contribution in [2.75, 3.05) is 57.4 Å². The van der Waals surface area contributed by atoms with Gasteiger partial charge in [-0.25, -0.2) is 0 Å². The van der Waals surface area contributed by atoms with Crippen molar-refractivity contribution in [3.63, 3.8) is 0 Å². The second-order valence-electron chi connectivity index (χ2n) is 6.90. The largest absolute Gasteiger partial charge is 0.383 e. The van der Waals surface area contributed by atoms with Gasteiger partial charge in [-0.15, -0.1) is 0 Å². The molecule has 7 nitrogen and oxygen atoms in total. The molecule has 1 unspecified atom stereocenters. The molecule has 1 fully saturated rings. The predicted octanol–water partition coefficient (Wildman–Crippen LogP) is 1.60. The maximum atomic E-state index is 12.8. The van der Waals surface area contributed by atoms with Crippen molar-refractivity contribution in [1.82, 2.24) is 0 Å². The quantitative estimate of drug-likeness (QED) is 0.832. The van der Waals surface area contributed by atoms with E-state index in [0.29, 0.717) is 38.5 Å². The summed E-state index contributed by atoms with van der Waals surface area (Å²) in [5.41, 5.74) is 1.97. The van der Waals surface area contributed by atoms with E-state index in [1.807, 2.05) is 18.2 Å². The van der Waals surface area contributed by atoms with Gasteiger partial charge in [-0.1, -0.05) is 6.07 Å². The zero-order valence-corrected chi connectivity index (χ0v) is 15.4. The number of ether oxygens (including phenoxy) is 3. The number of carbonyl (C=O) groups is 2. The van der Waals surface area contributed by atoms with E-state index in [4.69, 9.17) is 14.2 Å². The maximum absolute atomic E-state index is 12.8. The molecule has 1 aromatic rings. The maximum Gasteiger partial charge on any atom is 0.252 e. The summed E-state index contributed by atoms with van der Waals surface area (Å²) in [6, 6.07) is 5.74. The van der Waals surface area contributed by atoms with E-state index in [9.17, 15) is 9.59 Å². The van der Waals surface area contributed by atoms with Crippen LogP contribution in [0.15, 0.2) is 18.2 Å². The molecule has 1 N–H and O–H groups in total. The molecule has 2 aliphatic rings. The van der Waals surface area contributed by atoms with Gasteiger partial charge in [0.05, 0.1) is 18.6 Å². The molecule has 2 amide bonds. The summed E-state index contributed by atoms with van der Waals surface area (Å²) in [5, 5.41) is 2.98. The minimum atomic E-state index is -0.657. The Morgan fingerprint density at radius 2 is 2.15 bits per heavy atom. The van der Waals surface area contributed by atoms with Crippen molar-refractivity contribution in [1.29, 1.82) is 0 Å². The molecule has 0 aliphatic carbocycles. The Morgan fingerprint density at radius 1 is 1.31 bits per heavy atom. The van der Waals surface area contributed by atoms with E-state index in [1.54, 1.807) is 12.0 Å². The van der Waals surface area contributed by atoms with Crippen molar-refractivity contribution in [3.05, 3.63) is 23.8 Å². The Hall–Kier alpha value is -1.96. The van der Waals surface area contributed by atoms with Crippen molar-refractivity contribution in [2.24, 2.45) is 5.41 Å². The number of aryl methyl sites for hydroxylation is 1. The topological polar surface area (TPSA) is 77.1 Å². The lowest BCUT2D eigenvalue weighted by Gasteiger charge is -2.30. The van der Waals surface area contributed by atoms with Crippen LogP contribution in [0.2, 0.25) is 0 Å². The Kier molecular flexibility index (Phi) is 5.90. The average molecular weight is 362 g/mol. The van der Waals surface area contributed by atoms with E-state index in [0.717, 1.165) is 24.1 Å². The van der Waals surface area contributed by atoms with Gasteiger partial charge in [0.1, 0.15) is 6.61 Å². The number of methoxy groups -OCH3 is 2. The first-order valence-electron chi connectivity index (χ1n) is 8.90. The van der Waals surface area contributed by atoms with Gasteiger partial charge < -0.3 is 24.4 Å². The average Bonchev–Trinajstić information content (AvgIpc) is 3.11. The summed E-state index contributed by atoms with van der Waals surface area (Å²) >= 11 is 0. The molecular weight excluding hydrogens is 336 g/mol. The second kappa shape index (κ2) is 8.16. The molecule has 0 spiro atoms. The van der Waals surface area contributed by atoms with Gasteiger partial charge in [-0.2, -0.15) is 0 Å². The summed E-state index contributed by atoms with van der Waals surface area (Å²) < 4.78 is 15.7. The number of nitrogens with zero attached hydrogens (tertiary/aromatic N) is 1. The van der Waals surface area contributed by atoms with E-state index >= 15 is 0 Å².